The standard InChI is InChI=1S/C25H25NO6/c1-12-6-18-24(27)23-16-10-22(32-5)20(30-3)8-14(16)13-7-19(29-2)21(31-4)9-15(13)17(23)11-26(18)25(12)28/h7-10,12,18H,6,11H2,1-5H3/t12-,18+/m1/s1. The molecule has 0 N–H and O–H groups in total. The van der Waals surface area contributed by atoms with Crippen molar-refractivity contribution in [2.75, 3.05) is 28.4 Å². The topological polar surface area (TPSA) is 74.3 Å². The molecule has 2 heterocycles. The molecule has 0 aliphatic carbocycles. The van der Waals surface area contributed by atoms with Crippen LogP contribution < -0.4 is 18.9 Å². The predicted molar refractivity (Wildman–Crippen MR) is 120 cm³/mol. The summed E-state index contributed by atoms with van der Waals surface area (Å²) in [5.41, 5.74) is 1.47. The van der Waals surface area contributed by atoms with Gasteiger partial charge in [0.25, 0.3) is 0 Å². The summed E-state index contributed by atoms with van der Waals surface area (Å²) in [5.74, 6) is 2.10. The first-order valence-corrected chi connectivity index (χ1v) is 10.5. The number of nitrogens with zero attached hydrogens (tertiary/aromatic N) is 1. The first kappa shape index (κ1) is 20.4. The third-order valence-electron chi connectivity index (χ3n) is 6.77. The lowest BCUT2D eigenvalue weighted by atomic mass is 9.84. The highest BCUT2D eigenvalue weighted by molar-refractivity contribution is 6.23. The Hall–Kier alpha value is -3.48. The van der Waals surface area contributed by atoms with E-state index in [-0.39, 0.29) is 17.6 Å². The fourth-order valence-corrected chi connectivity index (χ4v) is 5.18. The van der Waals surface area contributed by atoms with E-state index in [9.17, 15) is 9.59 Å². The second-order valence-electron chi connectivity index (χ2n) is 8.34. The maximum absolute atomic E-state index is 13.8. The lowest BCUT2D eigenvalue weighted by Gasteiger charge is -2.32. The van der Waals surface area contributed by atoms with Crippen LogP contribution in [0.3, 0.4) is 0 Å². The molecule has 2 aliphatic heterocycles. The van der Waals surface area contributed by atoms with Gasteiger partial charge >= 0.3 is 0 Å². The maximum Gasteiger partial charge on any atom is 0.226 e. The van der Waals surface area contributed by atoms with E-state index in [4.69, 9.17) is 18.9 Å². The molecule has 0 saturated carbocycles. The van der Waals surface area contributed by atoms with Crippen LogP contribution in [-0.2, 0) is 11.3 Å². The van der Waals surface area contributed by atoms with Gasteiger partial charge in [-0.2, -0.15) is 0 Å². The van der Waals surface area contributed by atoms with Crippen molar-refractivity contribution in [3.05, 3.63) is 35.4 Å². The van der Waals surface area contributed by atoms with Crippen LogP contribution >= 0.6 is 0 Å². The SMILES string of the molecule is COc1cc2c3c(c4cc(OC)c(OC)cc4c2cc1OC)C(=O)[C@@H]1C[C@@H](C)C(=O)N1C3. The van der Waals surface area contributed by atoms with Gasteiger partial charge in [-0.1, -0.05) is 6.92 Å². The molecule has 32 heavy (non-hydrogen) atoms. The first-order valence-electron chi connectivity index (χ1n) is 10.5. The van der Waals surface area contributed by atoms with E-state index in [1.165, 1.54) is 0 Å². The number of hydrogen-bond acceptors (Lipinski definition) is 6. The molecule has 3 aromatic carbocycles. The van der Waals surface area contributed by atoms with Crippen molar-refractivity contribution in [1.82, 2.24) is 4.90 Å². The molecule has 7 heteroatoms. The molecule has 0 spiro atoms. The zero-order chi connectivity index (χ0) is 22.7. The molecule has 0 radical (unpaired) electrons. The van der Waals surface area contributed by atoms with Crippen LogP contribution in [0.1, 0.15) is 29.3 Å². The number of ketones is 1. The minimum atomic E-state index is -0.432. The number of fused-ring (bicyclic) bond motifs is 7. The summed E-state index contributed by atoms with van der Waals surface area (Å²) in [6.45, 7) is 2.27. The molecule has 166 valence electrons. The number of Topliss-reactive ketones (excluding diaryl/α,β-unsaturated/α-hetero) is 1. The average molecular weight is 435 g/mol. The molecular formula is C25H25NO6. The molecule has 2 atom stereocenters. The van der Waals surface area contributed by atoms with E-state index in [2.05, 4.69) is 0 Å². The van der Waals surface area contributed by atoms with Crippen molar-refractivity contribution in [2.45, 2.75) is 25.9 Å². The Kier molecular flexibility index (Phi) is 4.65. The fourth-order valence-electron chi connectivity index (χ4n) is 5.18. The third-order valence-corrected chi connectivity index (χ3v) is 6.77. The van der Waals surface area contributed by atoms with Gasteiger partial charge in [0.05, 0.1) is 34.5 Å². The van der Waals surface area contributed by atoms with Crippen molar-refractivity contribution >= 4 is 33.2 Å². The van der Waals surface area contributed by atoms with Crippen LogP contribution in [0, 0.1) is 5.92 Å². The molecule has 1 amide bonds. The van der Waals surface area contributed by atoms with Gasteiger partial charge in [0.1, 0.15) is 0 Å². The fraction of sp³-hybridized carbons (Fsp3) is 0.360. The Labute approximate surface area is 185 Å². The van der Waals surface area contributed by atoms with Crippen molar-refractivity contribution in [3.8, 4) is 23.0 Å². The lowest BCUT2D eigenvalue weighted by Crippen LogP contribution is -2.43. The zero-order valence-electron chi connectivity index (χ0n) is 18.8. The minimum Gasteiger partial charge on any atom is -0.493 e. The van der Waals surface area contributed by atoms with E-state index in [0.717, 1.165) is 27.1 Å². The zero-order valence-corrected chi connectivity index (χ0v) is 18.8. The number of carbonyl (C=O) groups excluding carboxylic acids is 2. The number of amides is 1. The number of carbonyl (C=O) groups is 2. The quantitative estimate of drug-likeness (QED) is 0.578. The number of ether oxygens (including phenoxy) is 4. The first-order chi connectivity index (χ1) is 15.4. The summed E-state index contributed by atoms with van der Waals surface area (Å²) in [6, 6.07) is 7.12. The van der Waals surface area contributed by atoms with Crippen LogP contribution in [0.5, 0.6) is 23.0 Å². The summed E-state index contributed by atoms with van der Waals surface area (Å²) in [7, 11) is 6.33. The smallest absolute Gasteiger partial charge is 0.226 e. The molecule has 5 rings (SSSR count). The molecule has 0 bridgehead atoms. The Morgan fingerprint density at radius 2 is 1.22 bits per heavy atom. The number of benzene rings is 3. The summed E-state index contributed by atoms with van der Waals surface area (Å²) in [4.78, 5) is 28.3. The molecule has 2 aliphatic rings. The van der Waals surface area contributed by atoms with Crippen LogP contribution in [0.4, 0.5) is 0 Å². The van der Waals surface area contributed by atoms with Gasteiger partial charge in [-0.05, 0) is 57.8 Å². The molecule has 7 nitrogen and oxygen atoms in total. The summed E-state index contributed by atoms with van der Waals surface area (Å²) in [5, 5.41) is 3.39. The summed E-state index contributed by atoms with van der Waals surface area (Å²) >= 11 is 0. The van der Waals surface area contributed by atoms with Crippen molar-refractivity contribution in [3.63, 3.8) is 0 Å². The van der Waals surface area contributed by atoms with E-state index >= 15 is 0 Å². The molecule has 3 aromatic rings. The normalized spacial score (nSPS) is 19.8. The van der Waals surface area contributed by atoms with Crippen LogP contribution in [0.2, 0.25) is 0 Å². The minimum absolute atomic E-state index is 0.0232. The van der Waals surface area contributed by atoms with E-state index in [1.54, 1.807) is 33.3 Å². The van der Waals surface area contributed by atoms with Crippen molar-refractivity contribution < 1.29 is 28.5 Å². The van der Waals surface area contributed by atoms with Gasteiger partial charge in [-0.3, -0.25) is 9.59 Å². The van der Waals surface area contributed by atoms with Gasteiger partial charge in [0, 0.05) is 18.0 Å². The Bertz CT molecular complexity index is 1300. The number of rotatable bonds is 4. The summed E-state index contributed by atoms with van der Waals surface area (Å²) < 4.78 is 22.2. The average Bonchev–Trinajstić information content (AvgIpc) is 3.11. The third kappa shape index (κ3) is 2.66. The Morgan fingerprint density at radius 3 is 1.75 bits per heavy atom. The molecule has 0 aromatic heterocycles. The van der Waals surface area contributed by atoms with Gasteiger partial charge < -0.3 is 23.8 Å². The molecular weight excluding hydrogens is 410 g/mol. The van der Waals surface area contributed by atoms with Gasteiger partial charge in [-0.15, -0.1) is 0 Å². The van der Waals surface area contributed by atoms with Crippen molar-refractivity contribution in [2.24, 2.45) is 5.92 Å². The van der Waals surface area contributed by atoms with Crippen LogP contribution in [-0.4, -0.2) is 51.1 Å². The second-order valence-corrected chi connectivity index (χ2v) is 8.34. The highest BCUT2D eigenvalue weighted by Gasteiger charge is 2.45. The number of methoxy groups -OCH3 is 4. The Morgan fingerprint density at radius 1 is 0.750 bits per heavy atom. The maximum atomic E-state index is 13.8. The molecule has 1 fully saturated rings. The van der Waals surface area contributed by atoms with E-state index in [0.29, 0.717) is 41.5 Å². The van der Waals surface area contributed by atoms with Crippen LogP contribution in [0.15, 0.2) is 24.3 Å². The summed E-state index contributed by atoms with van der Waals surface area (Å²) in [6.07, 6.45) is 0.538. The largest absolute Gasteiger partial charge is 0.493 e. The second kappa shape index (κ2) is 7.29. The monoisotopic (exact) mass is 435 g/mol. The predicted octanol–water partition coefficient (Wildman–Crippen LogP) is 3.96. The molecule has 1 saturated heterocycles. The number of hydrogen-bond donors (Lipinski definition) is 0. The van der Waals surface area contributed by atoms with Gasteiger partial charge in [0.2, 0.25) is 5.91 Å². The van der Waals surface area contributed by atoms with Gasteiger partial charge in [-0.25, -0.2) is 0 Å². The Balaban J connectivity index is 1.93. The highest BCUT2D eigenvalue weighted by Crippen LogP contribution is 2.46. The molecule has 0 unspecified atom stereocenters. The van der Waals surface area contributed by atoms with Gasteiger partial charge in [0.15, 0.2) is 28.8 Å². The van der Waals surface area contributed by atoms with E-state index in [1.807, 2.05) is 31.2 Å². The van der Waals surface area contributed by atoms with E-state index < -0.39 is 6.04 Å². The van der Waals surface area contributed by atoms with Crippen LogP contribution in [0.25, 0.3) is 21.5 Å². The highest BCUT2D eigenvalue weighted by atomic mass is 16.5. The lowest BCUT2D eigenvalue weighted by molar-refractivity contribution is -0.131. The van der Waals surface area contributed by atoms with Crippen molar-refractivity contribution in [1.29, 1.82) is 0 Å².